The molecule has 0 bridgehead atoms. The van der Waals surface area contributed by atoms with E-state index in [1.165, 1.54) is 12.1 Å². The van der Waals surface area contributed by atoms with E-state index >= 15 is 0 Å². The first-order chi connectivity index (χ1) is 50.5. The Labute approximate surface area is 624 Å². The highest BCUT2D eigenvalue weighted by atomic mass is 16.3. The molecular formula is C77H123N17O12. The van der Waals surface area contributed by atoms with Crippen LogP contribution in [-0.2, 0) is 72.0 Å². The minimum atomic E-state index is -1.33. The second-order valence-electron chi connectivity index (χ2n) is 29.1. The van der Waals surface area contributed by atoms with Crippen molar-refractivity contribution in [3.8, 4) is 5.75 Å². The van der Waals surface area contributed by atoms with Gasteiger partial charge in [-0.1, -0.05) is 122 Å². The third-order valence-electron chi connectivity index (χ3n) is 18.5. The number of aromatic hydroxyl groups is 1. The number of phenolic OH excluding ortho intramolecular Hbond substituents is 1. The number of nitrogens with two attached hydrogens (primary N) is 6. The second-order valence-corrected chi connectivity index (χ2v) is 29.1. The quantitative estimate of drug-likeness (QED) is 0.0282. The zero-order valence-electron chi connectivity index (χ0n) is 63.4. The Morgan fingerprint density at radius 1 is 0.387 bits per heavy atom. The van der Waals surface area contributed by atoms with Gasteiger partial charge in [0.05, 0.1) is 6.04 Å². The molecule has 29 nitrogen and oxygen atoms in total. The van der Waals surface area contributed by atoms with Gasteiger partial charge in [0.2, 0.25) is 65.0 Å². The van der Waals surface area contributed by atoms with Crippen LogP contribution in [-0.4, -0.2) is 168 Å². The molecule has 0 aliphatic carbocycles. The number of phenols is 1. The molecule has 29 heteroatoms. The molecule has 4 aromatic rings. The van der Waals surface area contributed by atoms with Crippen molar-refractivity contribution in [2.24, 2.45) is 58.1 Å². The number of rotatable bonds is 51. The average Bonchev–Trinajstić information content (AvgIpc) is 1.57. The van der Waals surface area contributed by atoms with Crippen LogP contribution in [0, 0.1) is 23.7 Å². The molecule has 1 heterocycles. The maximum Gasteiger partial charge on any atom is 0.243 e. The number of H-pyrrole nitrogens is 1. The van der Waals surface area contributed by atoms with Gasteiger partial charge in [-0.05, 0) is 187 Å². The van der Waals surface area contributed by atoms with Gasteiger partial charge in [-0.15, -0.1) is 0 Å². The minimum absolute atomic E-state index is 0.0285. The Balaban J connectivity index is 1.61. The van der Waals surface area contributed by atoms with Gasteiger partial charge in [0, 0.05) is 29.9 Å². The zero-order chi connectivity index (χ0) is 78.4. The fourth-order valence-electron chi connectivity index (χ4n) is 12.3. The molecule has 4 rings (SSSR count). The van der Waals surface area contributed by atoms with Gasteiger partial charge in [0.1, 0.15) is 66.2 Å². The van der Waals surface area contributed by atoms with E-state index in [1.807, 2.05) is 72.7 Å². The van der Waals surface area contributed by atoms with Gasteiger partial charge < -0.3 is 97.7 Å². The summed E-state index contributed by atoms with van der Waals surface area (Å²) in [6.45, 7) is 15.8. The lowest BCUT2D eigenvalue weighted by molar-refractivity contribution is -0.137. The van der Waals surface area contributed by atoms with Gasteiger partial charge in [-0.25, -0.2) is 0 Å². The second kappa shape index (κ2) is 47.5. The highest BCUT2D eigenvalue weighted by Gasteiger charge is 2.38. The number of aromatic nitrogens is 1. The normalized spacial score (nSPS) is 14.9. The summed E-state index contributed by atoms with van der Waals surface area (Å²) in [5.74, 6) is -8.89. The molecule has 3 aromatic carbocycles. The van der Waals surface area contributed by atoms with E-state index in [0.29, 0.717) is 75.5 Å². The van der Waals surface area contributed by atoms with Crippen LogP contribution in [0.5, 0.6) is 5.75 Å². The molecule has 0 aliphatic heterocycles. The summed E-state index contributed by atoms with van der Waals surface area (Å²) in [5.41, 5.74) is 38.6. The summed E-state index contributed by atoms with van der Waals surface area (Å²) in [6, 6.07) is 8.99. The summed E-state index contributed by atoms with van der Waals surface area (Å²) >= 11 is 0. The van der Waals surface area contributed by atoms with E-state index in [9.17, 15) is 57.8 Å². The number of carbonyl (C=O) groups is 11. The number of amides is 11. The van der Waals surface area contributed by atoms with E-state index in [1.54, 1.807) is 55.6 Å². The van der Waals surface area contributed by atoms with Crippen molar-refractivity contribution in [2.45, 2.75) is 244 Å². The standard InChI is InChI=1S/C77H123N17O12/c1-9-49(8)66(77(106)93-63(41-48(6)7)73(102)87-59(29-17-21-37-80)71(100)91-65(43-51-31-33-53(95)34-32-51)76(105)89-61(67(83)96)39-46(2)3)94-72(101)60(30-18-22-38-81)86-69(98)58(28-16-20-36-79)88-75(104)64(42-50-23-11-10-12-24-50)92-74(103)62(40-47(4)5)90-70(99)57(27-15-19-35-78)85-68(97)55(82)44-52-45-84-56-26-14-13-25-54(52)56/h10-14,23-26,31-34,45-49,55,57-66,84,95H,9,15-22,27-30,35-44,78-82H2,1-8H3,(H2,83,96)(H,85,97)(H,86,98)(H,87,102)(H,88,104)(H,89,105)(H,90,99)(H,91,100)(H,92,103)(H,93,106)(H,94,101)/t49-,55-,57-,58-,59-,60-,61-,62-,63-,64-,65-,66-/m0/s1. The van der Waals surface area contributed by atoms with E-state index in [0.717, 1.165) is 16.5 Å². The first kappa shape index (κ1) is 89.4. The molecule has 12 atom stereocenters. The molecule has 0 spiro atoms. The van der Waals surface area contributed by atoms with Crippen molar-refractivity contribution in [3.63, 3.8) is 0 Å². The van der Waals surface area contributed by atoms with Crippen molar-refractivity contribution in [1.82, 2.24) is 58.2 Å². The molecule has 0 aliphatic rings. The monoisotopic (exact) mass is 1480 g/mol. The first-order valence-corrected chi connectivity index (χ1v) is 37.8. The van der Waals surface area contributed by atoms with Gasteiger partial charge in [0.15, 0.2) is 0 Å². The van der Waals surface area contributed by atoms with E-state index in [2.05, 4.69) is 58.2 Å². The lowest BCUT2D eigenvalue weighted by Gasteiger charge is -2.30. The smallest absolute Gasteiger partial charge is 0.243 e. The maximum atomic E-state index is 14.9. The van der Waals surface area contributed by atoms with Crippen LogP contribution in [0.25, 0.3) is 10.9 Å². The summed E-state index contributed by atoms with van der Waals surface area (Å²) in [6.07, 6.45) is 6.43. The Morgan fingerprint density at radius 2 is 0.726 bits per heavy atom. The molecule has 0 fully saturated rings. The summed E-state index contributed by atoms with van der Waals surface area (Å²) in [7, 11) is 0. The Kier molecular flexibility index (Phi) is 40.1. The van der Waals surface area contributed by atoms with Crippen LogP contribution in [0.3, 0.4) is 0 Å². The molecule has 0 radical (unpaired) electrons. The fourth-order valence-corrected chi connectivity index (χ4v) is 12.3. The van der Waals surface area contributed by atoms with Crippen LogP contribution in [0.15, 0.2) is 85.1 Å². The molecule has 0 unspecified atom stereocenters. The van der Waals surface area contributed by atoms with Crippen molar-refractivity contribution in [3.05, 3.63) is 102 Å². The molecule has 0 saturated heterocycles. The number of carbonyl (C=O) groups excluding carboxylic acids is 11. The largest absolute Gasteiger partial charge is 0.508 e. The van der Waals surface area contributed by atoms with Crippen LogP contribution < -0.4 is 87.6 Å². The number of benzene rings is 3. The molecule has 1 aromatic heterocycles. The highest BCUT2D eigenvalue weighted by molar-refractivity contribution is 5.99. The molecule has 106 heavy (non-hydrogen) atoms. The third-order valence-corrected chi connectivity index (χ3v) is 18.5. The Bertz CT molecular complexity index is 3410. The SMILES string of the molecule is CC[C@H](C)[C@H](NC(=O)[C@H](CCCCN)NC(=O)[C@H](CCCCN)NC(=O)[C@H](Cc1ccccc1)NC(=O)[C@H](CC(C)C)NC(=O)[C@H](CCCCN)NC(=O)[C@@H](N)Cc1c[nH]c2ccccc12)C(=O)N[C@@H](CC(C)C)C(=O)N[C@@H](CCCCN)C(=O)N[C@@H](Cc1ccc(O)cc1)C(=O)N[C@@H](CC(C)C)C(N)=O. The third kappa shape index (κ3) is 31.6. The lowest BCUT2D eigenvalue weighted by atomic mass is 9.95. The molecular weight excluding hydrogens is 1350 g/mol. The van der Waals surface area contributed by atoms with Crippen molar-refractivity contribution < 1.29 is 57.8 Å². The zero-order valence-corrected chi connectivity index (χ0v) is 63.4. The van der Waals surface area contributed by atoms with E-state index in [4.69, 9.17) is 34.4 Å². The number of aromatic amines is 1. The number of hydrogen-bond donors (Lipinski definition) is 18. The summed E-state index contributed by atoms with van der Waals surface area (Å²) in [4.78, 5) is 161. The van der Waals surface area contributed by atoms with Crippen molar-refractivity contribution in [1.29, 1.82) is 0 Å². The average molecular weight is 1480 g/mol. The predicted molar refractivity (Wildman–Crippen MR) is 410 cm³/mol. The Morgan fingerprint density at radius 3 is 1.14 bits per heavy atom. The van der Waals surface area contributed by atoms with Gasteiger partial charge in [-0.2, -0.15) is 0 Å². The predicted octanol–water partition coefficient (Wildman–Crippen LogP) is 2.26. The van der Waals surface area contributed by atoms with Crippen molar-refractivity contribution in [2.75, 3.05) is 26.2 Å². The van der Waals surface area contributed by atoms with E-state index < -0.39 is 137 Å². The van der Waals surface area contributed by atoms with Crippen LogP contribution in [0.2, 0.25) is 0 Å². The number of nitrogens with one attached hydrogen (secondary N) is 11. The Hall–Kier alpha value is -9.03. The summed E-state index contributed by atoms with van der Waals surface area (Å²) < 4.78 is 0. The fraction of sp³-hybridized carbons (Fsp3) is 0.597. The lowest BCUT2D eigenvalue weighted by Crippen LogP contribution is -2.61. The number of primary amides is 1. The number of para-hydroxylation sites is 1. The van der Waals surface area contributed by atoms with Crippen LogP contribution >= 0.6 is 0 Å². The highest BCUT2D eigenvalue weighted by Crippen LogP contribution is 2.21. The minimum Gasteiger partial charge on any atom is -0.508 e. The molecule has 588 valence electrons. The number of fused-ring (bicyclic) bond motifs is 1. The maximum absolute atomic E-state index is 14.9. The molecule has 0 saturated carbocycles. The number of hydrogen-bond acceptors (Lipinski definition) is 17. The topological polar surface area (TPSA) is 500 Å². The first-order valence-electron chi connectivity index (χ1n) is 37.8. The van der Waals surface area contributed by atoms with Gasteiger partial charge >= 0.3 is 0 Å². The van der Waals surface area contributed by atoms with Crippen molar-refractivity contribution >= 4 is 75.9 Å². The van der Waals surface area contributed by atoms with Crippen LogP contribution in [0.1, 0.15) is 175 Å². The van der Waals surface area contributed by atoms with Gasteiger partial charge in [0.25, 0.3) is 0 Å². The van der Waals surface area contributed by atoms with Crippen LogP contribution in [0.4, 0.5) is 0 Å². The number of unbranched alkanes of at least 4 members (excludes halogenated alkanes) is 4. The molecule has 11 amide bonds. The summed E-state index contributed by atoms with van der Waals surface area (Å²) in [5, 5.41) is 39.1. The van der Waals surface area contributed by atoms with E-state index in [-0.39, 0.29) is 107 Å². The molecule has 24 N–H and O–H groups in total. The van der Waals surface area contributed by atoms with Gasteiger partial charge in [-0.3, -0.25) is 52.7 Å².